The third-order valence-corrected chi connectivity index (χ3v) is 9.13. The number of carbonyl (C=O) groups excluding carboxylic acids is 3. The fraction of sp³-hybridized carbons (Fsp3) is 0.406. The molecule has 1 aromatic heterocycles. The Labute approximate surface area is 273 Å². The molecule has 0 bridgehead atoms. The fourth-order valence-electron chi connectivity index (χ4n) is 5.75. The highest BCUT2D eigenvalue weighted by molar-refractivity contribution is 14.1. The number of piperazine rings is 1. The number of aromatic nitrogens is 1. The Hall–Kier alpha value is -3.90. The van der Waals surface area contributed by atoms with Gasteiger partial charge in [0.25, 0.3) is 17.7 Å². The first kappa shape index (κ1) is 32.5. The van der Waals surface area contributed by atoms with Crippen LogP contribution in [0.5, 0.6) is 5.75 Å². The zero-order valence-electron chi connectivity index (χ0n) is 24.8. The summed E-state index contributed by atoms with van der Waals surface area (Å²) in [6, 6.07) is 14.9. The molecule has 1 N–H and O–H groups in total. The lowest BCUT2D eigenvalue weighted by atomic mass is 10.1. The predicted molar refractivity (Wildman–Crippen MR) is 171 cm³/mol. The van der Waals surface area contributed by atoms with Crippen molar-refractivity contribution in [3.05, 3.63) is 69.4 Å². The molecule has 236 valence electrons. The lowest BCUT2D eigenvalue weighted by molar-refractivity contribution is -0.913. The van der Waals surface area contributed by atoms with Crippen molar-refractivity contribution in [2.45, 2.75) is 24.8 Å². The van der Waals surface area contributed by atoms with Gasteiger partial charge in [0.2, 0.25) is 5.91 Å². The Bertz CT molecular complexity index is 1620. The minimum Gasteiger partial charge on any atom is -0.493 e. The predicted octanol–water partition coefficient (Wildman–Crippen LogP) is 3.70. The highest BCUT2D eigenvalue weighted by Crippen LogP contribution is 2.31. The monoisotopic (exact) mass is 731 g/mol. The number of amides is 3. The summed E-state index contributed by atoms with van der Waals surface area (Å²) in [5, 5.41) is 12.2. The molecule has 0 radical (unpaired) electrons. The number of ether oxygens (including phenoxy) is 1. The van der Waals surface area contributed by atoms with Gasteiger partial charge in [-0.05, 0) is 71.1 Å². The van der Waals surface area contributed by atoms with Crippen LogP contribution < -0.4 is 10.1 Å². The number of hydrogen-bond acceptors (Lipinski definition) is 6. The van der Waals surface area contributed by atoms with Crippen LogP contribution in [0.2, 0.25) is 0 Å². The molecule has 2 aliphatic rings. The number of hydrogen-bond donors (Lipinski definition) is 1. The van der Waals surface area contributed by atoms with Crippen molar-refractivity contribution >= 4 is 51.2 Å². The third kappa shape index (κ3) is 7.85. The van der Waals surface area contributed by atoms with Crippen LogP contribution >= 0.6 is 22.6 Å². The van der Waals surface area contributed by atoms with Crippen LogP contribution in [-0.4, -0.2) is 108 Å². The minimum absolute atomic E-state index is 0.0651. The zero-order valence-corrected chi connectivity index (χ0v) is 27.0. The van der Waals surface area contributed by atoms with Crippen molar-refractivity contribution in [1.29, 1.82) is 5.26 Å². The molecule has 5 rings (SSSR count). The van der Waals surface area contributed by atoms with Gasteiger partial charge in [0.05, 0.1) is 76.6 Å². The molecule has 10 nitrogen and oxygen atoms in total. The summed E-state index contributed by atoms with van der Waals surface area (Å²) < 4.78 is 35.4. The summed E-state index contributed by atoms with van der Waals surface area (Å²) in [5.74, 6) is -3.81. The number of likely N-dealkylation sites (N-methyl/N-ethyl adjacent to an activating group) is 1. The van der Waals surface area contributed by atoms with E-state index in [0.717, 1.165) is 39.0 Å². The van der Waals surface area contributed by atoms with Crippen LogP contribution in [0.4, 0.5) is 8.78 Å². The van der Waals surface area contributed by atoms with Crippen molar-refractivity contribution in [2.75, 3.05) is 59.5 Å². The van der Waals surface area contributed by atoms with Crippen LogP contribution in [0.25, 0.3) is 10.9 Å². The number of alkyl halides is 2. The smallest absolute Gasteiger partial charge is 0.268 e. The largest absolute Gasteiger partial charge is 0.493 e. The van der Waals surface area contributed by atoms with Gasteiger partial charge >= 0.3 is 0 Å². The molecule has 2 aliphatic heterocycles. The molecule has 0 spiro atoms. The van der Waals surface area contributed by atoms with Gasteiger partial charge in [0.15, 0.2) is 0 Å². The molecule has 3 heterocycles. The van der Waals surface area contributed by atoms with E-state index in [9.17, 15) is 23.2 Å². The van der Waals surface area contributed by atoms with Gasteiger partial charge in [-0.3, -0.25) is 19.4 Å². The van der Waals surface area contributed by atoms with Gasteiger partial charge in [-0.2, -0.15) is 5.26 Å². The molecule has 45 heavy (non-hydrogen) atoms. The number of fused-ring (bicyclic) bond motifs is 1. The zero-order chi connectivity index (χ0) is 32.2. The number of carbonyl (C=O) groups is 3. The lowest BCUT2D eigenvalue weighted by Crippen LogP contribution is -2.58. The number of nitrogens with zero attached hydrogens (tertiary/aromatic N) is 5. The van der Waals surface area contributed by atoms with Crippen molar-refractivity contribution in [3.8, 4) is 11.8 Å². The third-order valence-electron chi connectivity index (χ3n) is 8.41. The second kappa shape index (κ2) is 13.6. The summed E-state index contributed by atoms with van der Waals surface area (Å²) >= 11 is 2.22. The Balaban J connectivity index is 1.12. The first-order valence-corrected chi connectivity index (χ1v) is 15.8. The fourth-order valence-corrected chi connectivity index (χ4v) is 6.11. The molecule has 3 amide bonds. The molecule has 0 aliphatic carbocycles. The summed E-state index contributed by atoms with van der Waals surface area (Å²) in [6.07, 6.45) is 1.55. The Kier molecular flexibility index (Phi) is 9.83. The number of pyridine rings is 1. The summed E-state index contributed by atoms with van der Waals surface area (Å²) in [5.41, 5.74) is 1.53. The maximum absolute atomic E-state index is 13.7. The molecule has 2 saturated heterocycles. The minimum atomic E-state index is -3.13. The van der Waals surface area contributed by atoms with Gasteiger partial charge in [-0.25, -0.2) is 8.78 Å². The molecule has 0 saturated carbocycles. The number of likely N-dealkylation sites (tertiary alicyclic amines) is 1. The highest BCUT2D eigenvalue weighted by atomic mass is 127. The molecule has 13 heteroatoms. The van der Waals surface area contributed by atoms with E-state index in [1.165, 1.54) is 12.3 Å². The van der Waals surface area contributed by atoms with E-state index in [1.54, 1.807) is 24.3 Å². The van der Waals surface area contributed by atoms with E-state index < -0.39 is 43.3 Å². The average Bonchev–Trinajstić information content (AvgIpc) is 3.36. The van der Waals surface area contributed by atoms with Crippen LogP contribution in [0.1, 0.15) is 33.6 Å². The van der Waals surface area contributed by atoms with Crippen LogP contribution in [-0.2, 0) is 4.79 Å². The van der Waals surface area contributed by atoms with Gasteiger partial charge < -0.3 is 24.3 Å². The first-order valence-electron chi connectivity index (χ1n) is 14.7. The average molecular weight is 732 g/mol. The summed E-state index contributed by atoms with van der Waals surface area (Å²) in [6.45, 7) is 3.09. The topological polar surface area (TPSA) is 116 Å². The van der Waals surface area contributed by atoms with Crippen molar-refractivity contribution in [3.63, 3.8) is 0 Å². The van der Waals surface area contributed by atoms with E-state index in [0.29, 0.717) is 41.9 Å². The number of nitriles is 1. The first-order chi connectivity index (χ1) is 21.5. The molecule has 3 aromatic rings. The number of nitrogens with one attached hydrogen (secondary N) is 1. The number of quaternary nitrogens is 1. The second-order valence-corrected chi connectivity index (χ2v) is 13.0. The van der Waals surface area contributed by atoms with Gasteiger partial charge in [-0.15, -0.1) is 0 Å². The molecule has 1 atom stereocenters. The van der Waals surface area contributed by atoms with Crippen LogP contribution in [0, 0.1) is 14.9 Å². The standard InChI is InChI=1S/C32H33F2IN6O4/c1-41(14-11-39(12-15-41)31(44)22-3-5-23(35)6-4-22)13-2-16-45-25-7-8-28-27(17-25)26(9-10-37-28)30(43)38-20-29(42)40-21-32(33,34)18-24(40)19-36/h3-10,17,24H,2,11-16,18,20-21H2,1H3/p+1/t24-/m0/s1. The molecular weight excluding hydrogens is 697 g/mol. The van der Waals surface area contributed by atoms with Crippen molar-refractivity contribution < 1.29 is 32.4 Å². The van der Waals surface area contributed by atoms with Gasteiger partial charge in [-0.1, -0.05) is 0 Å². The molecular formula is C32H34F2IN6O4+. The Morgan fingerprint density at radius 3 is 2.60 bits per heavy atom. The van der Waals surface area contributed by atoms with Crippen LogP contribution in [0.15, 0.2) is 54.7 Å². The summed E-state index contributed by atoms with van der Waals surface area (Å²) in [7, 11) is 2.19. The maximum Gasteiger partial charge on any atom is 0.268 e. The second-order valence-electron chi connectivity index (χ2n) is 11.7. The highest BCUT2D eigenvalue weighted by Gasteiger charge is 2.47. The Morgan fingerprint density at radius 1 is 1.16 bits per heavy atom. The summed E-state index contributed by atoms with van der Waals surface area (Å²) in [4.78, 5) is 45.4. The number of halogens is 3. The molecule has 2 aromatic carbocycles. The molecule has 0 unspecified atom stereocenters. The van der Waals surface area contributed by atoms with Crippen LogP contribution in [0.3, 0.4) is 0 Å². The van der Waals surface area contributed by atoms with E-state index in [2.05, 4.69) is 39.9 Å². The van der Waals surface area contributed by atoms with E-state index >= 15 is 0 Å². The normalized spacial score (nSPS) is 18.8. The van der Waals surface area contributed by atoms with E-state index in [1.807, 2.05) is 29.2 Å². The number of benzene rings is 2. The Morgan fingerprint density at radius 2 is 1.89 bits per heavy atom. The SMILES string of the molecule is C[N+]1(CCCOc2ccc3nccc(C(=O)NCC(=O)N4CC(F)(F)C[C@H]4C#N)c3c2)CCN(C(=O)c2ccc(I)cc2)CC1. The number of rotatable bonds is 9. The van der Waals surface area contributed by atoms with Crippen molar-refractivity contribution in [2.24, 2.45) is 0 Å². The quantitative estimate of drug-likeness (QED) is 0.204. The van der Waals surface area contributed by atoms with E-state index in [-0.39, 0.29) is 11.5 Å². The lowest BCUT2D eigenvalue weighted by Gasteiger charge is -2.42. The maximum atomic E-state index is 13.7. The van der Waals surface area contributed by atoms with Gasteiger partial charge in [0.1, 0.15) is 11.8 Å². The van der Waals surface area contributed by atoms with Crippen molar-refractivity contribution in [1.82, 2.24) is 20.1 Å². The van der Waals surface area contributed by atoms with E-state index in [4.69, 9.17) is 10.00 Å². The molecule has 2 fully saturated rings. The van der Waals surface area contributed by atoms with Gasteiger partial charge in [0, 0.05) is 33.6 Å².